The molecule has 2 heterocycles. The normalized spacial score (nSPS) is 30.2. The third-order valence-corrected chi connectivity index (χ3v) is 6.94. The molecule has 156 valence electrons. The van der Waals surface area contributed by atoms with Gasteiger partial charge in [-0.25, -0.2) is 0 Å². The second-order valence-corrected chi connectivity index (χ2v) is 8.63. The van der Waals surface area contributed by atoms with Gasteiger partial charge in [-0.15, -0.1) is 0 Å². The van der Waals surface area contributed by atoms with Gasteiger partial charge in [-0.3, -0.25) is 4.90 Å². The highest BCUT2D eigenvalue weighted by Gasteiger charge is 2.35. The van der Waals surface area contributed by atoms with Crippen LogP contribution in [0, 0.1) is 5.92 Å². The summed E-state index contributed by atoms with van der Waals surface area (Å²) in [6.45, 7) is 6.18. The van der Waals surface area contributed by atoms with Crippen LogP contribution in [0.3, 0.4) is 0 Å². The Hall–Kier alpha value is -1.14. The number of hydrogen-bond acceptors (Lipinski definition) is 5. The van der Waals surface area contributed by atoms with E-state index >= 15 is 0 Å². The molecule has 2 aliphatic heterocycles. The molecule has 1 aromatic rings. The minimum atomic E-state index is 0.447. The molecule has 0 bridgehead atoms. The molecule has 2 N–H and O–H groups in total. The lowest BCUT2D eigenvalue weighted by Gasteiger charge is -2.37. The van der Waals surface area contributed by atoms with Gasteiger partial charge in [0.05, 0.1) is 20.3 Å². The van der Waals surface area contributed by atoms with E-state index in [1.54, 1.807) is 7.11 Å². The van der Waals surface area contributed by atoms with E-state index in [0.717, 1.165) is 32.1 Å². The van der Waals surface area contributed by atoms with Gasteiger partial charge in [0.25, 0.3) is 0 Å². The van der Waals surface area contributed by atoms with Crippen LogP contribution in [0.4, 0.5) is 0 Å². The number of methoxy groups -OCH3 is 1. The van der Waals surface area contributed by atoms with Crippen LogP contribution in [-0.4, -0.2) is 63.5 Å². The molecule has 1 aromatic carbocycles. The summed E-state index contributed by atoms with van der Waals surface area (Å²) in [6.07, 6.45) is 7.95. The van der Waals surface area contributed by atoms with Crippen LogP contribution in [0.1, 0.15) is 50.1 Å². The fraction of sp³-hybridized carbons (Fsp3) is 0.739. The largest absolute Gasteiger partial charge is 0.497 e. The number of piperidine rings is 1. The maximum atomic E-state index is 5.74. The first kappa shape index (κ1) is 20.1. The molecule has 0 aromatic heterocycles. The van der Waals surface area contributed by atoms with Gasteiger partial charge in [0.2, 0.25) is 0 Å². The zero-order valence-corrected chi connectivity index (χ0v) is 17.4. The number of nitrogens with one attached hydrogen (secondary N) is 2. The van der Waals surface area contributed by atoms with Crippen LogP contribution < -0.4 is 15.4 Å². The minimum absolute atomic E-state index is 0.447. The van der Waals surface area contributed by atoms with Crippen molar-refractivity contribution in [2.75, 3.05) is 46.5 Å². The number of benzene rings is 1. The number of likely N-dealkylation sites (tertiary alicyclic amines) is 1. The fourth-order valence-electron chi connectivity index (χ4n) is 5.36. The third kappa shape index (κ3) is 4.88. The second kappa shape index (κ2) is 10.1. The van der Waals surface area contributed by atoms with Gasteiger partial charge in [0, 0.05) is 31.2 Å². The zero-order chi connectivity index (χ0) is 19.2. The van der Waals surface area contributed by atoms with Gasteiger partial charge in [0.1, 0.15) is 5.75 Å². The highest BCUT2D eigenvalue weighted by molar-refractivity contribution is 5.29. The molecule has 0 spiro atoms. The Morgan fingerprint density at radius 1 is 1.14 bits per heavy atom. The Morgan fingerprint density at radius 3 is 2.68 bits per heavy atom. The summed E-state index contributed by atoms with van der Waals surface area (Å²) in [4.78, 5) is 2.68. The van der Waals surface area contributed by atoms with Crippen molar-refractivity contribution in [3.05, 3.63) is 29.8 Å². The lowest BCUT2D eigenvalue weighted by Crippen LogP contribution is -2.52. The van der Waals surface area contributed by atoms with E-state index in [1.165, 1.54) is 57.2 Å². The number of morpholine rings is 1. The van der Waals surface area contributed by atoms with E-state index in [2.05, 4.69) is 39.8 Å². The molecule has 0 amide bonds. The first-order chi connectivity index (χ1) is 13.8. The first-order valence-electron chi connectivity index (χ1n) is 11.3. The van der Waals surface area contributed by atoms with Crippen LogP contribution in [0.5, 0.6) is 5.75 Å². The first-order valence-corrected chi connectivity index (χ1v) is 11.3. The monoisotopic (exact) mass is 387 g/mol. The third-order valence-electron chi connectivity index (χ3n) is 6.94. The quantitative estimate of drug-likeness (QED) is 0.753. The second-order valence-electron chi connectivity index (χ2n) is 8.63. The fourth-order valence-corrected chi connectivity index (χ4v) is 5.36. The Labute approximate surface area is 170 Å². The average Bonchev–Trinajstić information content (AvgIpc) is 3.24. The van der Waals surface area contributed by atoms with E-state index in [4.69, 9.17) is 9.47 Å². The van der Waals surface area contributed by atoms with Crippen molar-refractivity contribution in [1.29, 1.82) is 0 Å². The van der Waals surface area contributed by atoms with Gasteiger partial charge >= 0.3 is 0 Å². The Morgan fingerprint density at radius 2 is 1.96 bits per heavy atom. The molecule has 28 heavy (non-hydrogen) atoms. The molecule has 5 heteroatoms. The number of hydrogen-bond donors (Lipinski definition) is 2. The average molecular weight is 388 g/mol. The molecule has 3 aliphatic rings. The maximum Gasteiger partial charge on any atom is 0.118 e. The number of rotatable bonds is 7. The van der Waals surface area contributed by atoms with Crippen molar-refractivity contribution >= 4 is 0 Å². The van der Waals surface area contributed by atoms with Crippen LogP contribution in [0.2, 0.25) is 0 Å². The van der Waals surface area contributed by atoms with Crippen LogP contribution in [0.25, 0.3) is 0 Å². The van der Waals surface area contributed by atoms with Crippen molar-refractivity contribution < 1.29 is 9.47 Å². The number of nitrogens with zero attached hydrogens (tertiary/aromatic N) is 1. The summed E-state index contributed by atoms with van der Waals surface area (Å²) < 4.78 is 11.1. The summed E-state index contributed by atoms with van der Waals surface area (Å²) >= 11 is 0. The Kier molecular flexibility index (Phi) is 7.24. The predicted octanol–water partition coefficient (Wildman–Crippen LogP) is 2.97. The summed E-state index contributed by atoms with van der Waals surface area (Å²) in [6, 6.07) is 10.3. The topological polar surface area (TPSA) is 45.8 Å². The van der Waals surface area contributed by atoms with Gasteiger partial charge in [-0.1, -0.05) is 25.0 Å². The van der Waals surface area contributed by atoms with Gasteiger partial charge in [0.15, 0.2) is 0 Å². The minimum Gasteiger partial charge on any atom is -0.497 e. The maximum absolute atomic E-state index is 5.74. The van der Waals surface area contributed by atoms with Gasteiger partial charge < -0.3 is 20.1 Å². The molecule has 4 rings (SSSR count). The van der Waals surface area contributed by atoms with E-state index in [0.29, 0.717) is 24.0 Å². The molecule has 0 radical (unpaired) electrons. The zero-order valence-electron chi connectivity index (χ0n) is 17.4. The van der Waals surface area contributed by atoms with Crippen molar-refractivity contribution in [3.63, 3.8) is 0 Å². The van der Waals surface area contributed by atoms with E-state index < -0.39 is 0 Å². The van der Waals surface area contributed by atoms with E-state index in [1.807, 2.05) is 0 Å². The van der Waals surface area contributed by atoms with Gasteiger partial charge in [-0.2, -0.15) is 0 Å². The predicted molar refractivity (Wildman–Crippen MR) is 113 cm³/mol. The highest BCUT2D eigenvalue weighted by atomic mass is 16.5. The summed E-state index contributed by atoms with van der Waals surface area (Å²) in [5.41, 5.74) is 1.41. The van der Waals surface area contributed by atoms with Crippen molar-refractivity contribution in [2.24, 2.45) is 5.92 Å². The molecule has 5 nitrogen and oxygen atoms in total. The molecule has 1 aliphatic carbocycles. The van der Waals surface area contributed by atoms with Gasteiger partial charge in [-0.05, 0) is 62.4 Å². The lowest BCUT2D eigenvalue weighted by atomic mass is 9.93. The molecule has 2 saturated heterocycles. The molecule has 3 fully saturated rings. The van der Waals surface area contributed by atoms with E-state index in [9.17, 15) is 0 Å². The smallest absolute Gasteiger partial charge is 0.118 e. The lowest BCUT2D eigenvalue weighted by molar-refractivity contribution is 0.0516. The summed E-state index contributed by atoms with van der Waals surface area (Å²) in [5.74, 6) is 1.63. The molecule has 4 unspecified atom stereocenters. The van der Waals surface area contributed by atoms with Crippen LogP contribution in [0.15, 0.2) is 24.3 Å². The van der Waals surface area contributed by atoms with Crippen LogP contribution >= 0.6 is 0 Å². The molecule has 1 saturated carbocycles. The Bertz CT molecular complexity index is 582. The molecular weight excluding hydrogens is 350 g/mol. The molecule has 4 atom stereocenters. The van der Waals surface area contributed by atoms with Crippen molar-refractivity contribution in [1.82, 2.24) is 15.5 Å². The van der Waals surface area contributed by atoms with Crippen molar-refractivity contribution in [2.45, 2.75) is 56.7 Å². The SMILES string of the molecule is COc1ccc(C(CNC2CCCC2C2COCCN2)N2CCCCC2)cc1. The molecular formula is C23H37N3O2. The van der Waals surface area contributed by atoms with Crippen molar-refractivity contribution in [3.8, 4) is 5.75 Å². The Balaban J connectivity index is 1.42. The van der Waals surface area contributed by atoms with E-state index in [-0.39, 0.29) is 0 Å². The standard InChI is InChI=1S/C23H37N3O2/c1-27-19-10-8-18(9-11-19)23(26-13-3-2-4-14-26)16-25-21-7-5-6-20(21)22-17-28-15-12-24-22/h8-11,20-25H,2-7,12-17H2,1H3. The summed E-state index contributed by atoms with van der Waals surface area (Å²) in [7, 11) is 1.74. The highest BCUT2D eigenvalue weighted by Crippen LogP contribution is 2.31. The summed E-state index contributed by atoms with van der Waals surface area (Å²) in [5, 5.41) is 7.68. The van der Waals surface area contributed by atoms with Crippen LogP contribution in [-0.2, 0) is 4.74 Å². The number of ether oxygens (including phenoxy) is 2.